The van der Waals surface area contributed by atoms with Gasteiger partial charge < -0.3 is 19.9 Å². The van der Waals surface area contributed by atoms with Crippen LogP contribution in [0, 0.1) is 5.82 Å². The maximum Gasteiger partial charge on any atom is 0.419 e. The Kier molecular flexibility index (Phi) is 8.72. The Balaban J connectivity index is 0.00000353. The van der Waals surface area contributed by atoms with E-state index in [4.69, 9.17) is 4.98 Å². The summed E-state index contributed by atoms with van der Waals surface area (Å²) in [6, 6.07) is 3.09. The van der Waals surface area contributed by atoms with E-state index in [0.717, 1.165) is 61.6 Å². The van der Waals surface area contributed by atoms with Crippen LogP contribution in [0.15, 0.2) is 30.7 Å². The van der Waals surface area contributed by atoms with Crippen molar-refractivity contribution in [3.63, 3.8) is 0 Å². The Bertz CT molecular complexity index is 1440. The van der Waals surface area contributed by atoms with Gasteiger partial charge in [-0.05, 0) is 50.4 Å². The van der Waals surface area contributed by atoms with Crippen LogP contribution in [0.5, 0.6) is 0 Å². The van der Waals surface area contributed by atoms with Crippen molar-refractivity contribution in [3.05, 3.63) is 53.5 Å². The van der Waals surface area contributed by atoms with E-state index in [1.165, 1.54) is 12.4 Å². The minimum atomic E-state index is -4.81. The molecule has 1 amide bonds. The first-order chi connectivity index (χ1) is 19.7. The lowest BCUT2D eigenvalue weighted by Gasteiger charge is -2.33. The van der Waals surface area contributed by atoms with Crippen molar-refractivity contribution in [2.24, 2.45) is 0 Å². The molecule has 2 fully saturated rings. The highest BCUT2D eigenvalue weighted by molar-refractivity contribution is 5.99. The molecule has 1 aromatic carbocycles. The van der Waals surface area contributed by atoms with Crippen LogP contribution in [0.2, 0.25) is 0 Å². The van der Waals surface area contributed by atoms with Gasteiger partial charge in [0.1, 0.15) is 29.6 Å². The smallest absolute Gasteiger partial charge is 0.395 e. The van der Waals surface area contributed by atoms with Crippen molar-refractivity contribution in [1.29, 1.82) is 0 Å². The molecule has 2 aromatic heterocycles. The van der Waals surface area contributed by atoms with Crippen LogP contribution in [-0.2, 0) is 23.9 Å². The fraction of sp³-hybridized carbons (Fsp3) is 0.500. The number of alkyl halides is 3. The van der Waals surface area contributed by atoms with Crippen molar-refractivity contribution in [1.82, 2.24) is 24.4 Å². The van der Waals surface area contributed by atoms with Crippen molar-refractivity contribution >= 4 is 29.9 Å². The first-order valence-corrected chi connectivity index (χ1v) is 13.9. The van der Waals surface area contributed by atoms with E-state index in [1.807, 2.05) is 4.57 Å². The highest BCUT2D eigenvalue weighted by Crippen LogP contribution is 2.37. The summed E-state index contributed by atoms with van der Waals surface area (Å²) in [6.45, 7) is 3.55. The molecular weight excluding hydrogens is 578 g/mol. The molecule has 0 radical (unpaired) electrons. The summed E-state index contributed by atoms with van der Waals surface area (Å²) in [5.74, 6) is 0.688. The summed E-state index contributed by atoms with van der Waals surface area (Å²) in [5.41, 5.74) is 0.0544. The van der Waals surface area contributed by atoms with Crippen LogP contribution < -0.4 is 10.2 Å². The van der Waals surface area contributed by atoms with Gasteiger partial charge in [-0.1, -0.05) is 0 Å². The van der Waals surface area contributed by atoms with Gasteiger partial charge in [0.2, 0.25) is 5.91 Å². The van der Waals surface area contributed by atoms with E-state index < -0.39 is 17.6 Å². The number of likely N-dealkylation sites (tertiary alicyclic amines) is 1. The van der Waals surface area contributed by atoms with Gasteiger partial charge in [-0.2, -0.15) is 13.2 Å². The molecule has 42 heavy (non-hydrogen) atoms. The minimum Gasteiger partial charge on any atom is -0.395 e. The van der Waals surface area contributed by atoms with Gasteiger partial charge in [0.25, 0.3) is 0 Å². The predicted octanol–water partition coefficient (Wildman–Crippen LogP) is 4.26. The van der Waals surface area contributed by atoms with Crippen LogP contribution in [-0.4, -0.2) is 74.3 Å². The molecule has 3 aliphatic rings. The van der Waals surface area contributed by atoms with Crippen LogP contribution >= 0.6 is 12.4 Å². The fourth-order valence-corrected chi connectivity index (χ4v) is 6.24. The number of piperidine rings is 1. The number of carbonyl (C=O) groups excluding carboxylic acids is 1. The summed E-state index contributed by atoms with van der Waals surface area (Å²) in [6.07, 6.45) is 2.04. The number of aromatic nitrogens is 4. The maximum absolute atomic E-state index is 14.0. The van der Waals surface area contributed by atoms with Crippen LogP contribution in [0.4, 0.5) is 29.2 Å². The molecule has 5 heterocycles. The summed E-state index contributed by atoms with van der Waals surface area (Å²) >= 11 is 0. The van der Waals surface area contributed by atoms with Crippen LogP contribution in [0.25, 0.3) is 11.3 Å². The number of nitrogens with one attached hydrogen (secondary N) is 1. The second-order valence-corrected chi connectivity index (χ2v) is 10.9. The standard InChI is InChI=1S/C28H31F4N7O2.ClH/c29-22-4-3-18(12-21(22)28(30,31)32)23-14-39(11-10-37-7-1-2-19(37)15-40)26(35-23)17-5-8-38(9-6-17)27-20-13-24(41)36-25(20)33-16-34-27;/h3-4,12,14,16-17,19,40H,1-2,5-11,13,15H2,(H,33,34,36,41);1H. The molecule has 3 aliphatic heterocycles. The van der Waals surface area contributed by atoms with Gasteiger partial charge in [-0.25, -0.2) is 19.3 Å². The molecule has 1 atom stereocenters. The second-order valence-electron chi connectivity index (χ2n) is 10.9. The molecule has 0 aliphatic carbocycles. The van der Waals surface area contributed by atoms with E-state index in [2.05, 4.69) is 25.1 Å². The second kappa shape index (κ2) is 12.1. The molecule has 0 bridgehead atoms. The number of aliphatic hydroxyl groups excluding tert-OH is 1. The van der Waals surface area contributed by atoms with Crippen LogP contribution in [0.1, 0.15) is 48.6 Å². The molecule has 3 aromatic rings. The summed E-state index contributed by atoms with van der Waals surface area (Å²) in [5, 5.41) is 12.5. The highest BCUT2D eigenvalue weighted by atomic mass is 35.5. The Morgan fingerprint density at radius 1 is 1.07 bits per heavy atom. The molecule has 2 saturated heterocycles. The van der Waals surface area contributed by atoms with E-state index in [-0.39, 0.29) is 48.9 Å². The SMILES string of the molecule is Cl.O=C1Cc2c(ncnc2N2CCC(c3nc(-c4ccc(F)c(C(F)(F)F)c4)cn3CCN3CCCC3CO)CC2)N1. The third-order valence-electron chi connectivity index (χ3n) is 8.39. The average molecular weight is 610 g/mol. The van der Waals surface area contributed by atoms with E-state index in [9.17, 15) is 27.5 Å². The normalized spacial score (nSPS) is 19.6. The number of anilines is 2. The lowest BCUT2D eigenvalue weighted by molar-refractivity contribution is -0.140. The molecular formula is C28H32ClF4N7O2. The number of hydrogen-bond donors (Lipinski definition) is 2. The molecule has 6 rings (SSSR count). The number of rotatable bonds is 7. The molecule has 2 N–H and O–H groups in total. The van der Waals surface area contributed by atoms with Gasteiger partial charge in [-0.3, -0.25) is 9.69 Å². The largest absolute Gasteiger partial charge is 0.419 e. The van der Waals surface area contributed by atoms with Crippen molar-refractivity contribution in [3.8, 4) is 11.3 Å². The van der Waals surface area contributed by atoms with E-state index >= 15 is 0 Å². The number of carbonyl (C=O) groups is 1. The molecule has 0 spiro atoms. The van der Waals surface area contributed by atoms with Gasteiger partial charge in [-0.15, -0.1) is 12.4 Å². The Morgan fingerprint density at radius 3 is 2.60 bits per heavy atom. The molecule has 1 unspecified atom stereocenters. The van der Waals surface area contributed by atoms with Crippen molar-refractivity contribution in [2.75, 3.05) is 43.0 Å². The summed E-state index contributed by atoms with van der Waals surface area (Å²) < 4.78 is 56.3. The number of aliphatic hydroxyl groups is 1. The Hall–Kier alpha value is -3.29. The lowest BCUT2D eigenvalue weighted by Crippen LogP contribution is -2.36. The molecule has 14 heteroatoms. The van der Waals surface area contributed by atoms with Gasteiger partial charge in [0.15, 0.2) is 0 Å². The molecule has 0 saturated carbocycles. The topological polar surface area (TPSA) is 99.4 Å². The number of amides is 1. The van der Waals surface area contributed by atoms with Crippen molar-refractivity contribution < 1.29 is 27.5 Å². The highest BCUT2D eigenvalue weighted by Gasteiger charge is 2.35. The van der Waals surface area contributed by atoms with E-state index in [1.54, 1.807) is 6.20 Å². The third kappa shape index (κ3) is 5.95. The average Bonchev–Trinajstić information content (AvgIpc) is 3.68. The number of halogens is 5. The monoisotopic (exact) mass is 609 g/mol. The third-order valence-corrected chi connectivity index (χ3v) is 8.39. The summed E-state index contributed by atoms with van der Waals surface area (Å²) in [4.78, 5) is 29.7. The van der Waals surface area contributed by atoms with E-state index in [0.29, 0.717) is 37.7 Å². The predicted molar refractivity (Wildman–Crippen MR) is 150 cm³/mol. The van der Waals surface area contributed by atoms with Gasteiger partial charge in [0, 0.05) is 55.5 Å². The lowest BCUT2D eigenvalue weighted by atomic mass is 9.95. The Labute approximate surface area is 246 Å². The first kappa shape index (κ1) is 30.2. The first-order valence-electron chi connectivity index (χ1n) is 13.9. The van der Waals surface area contributed by atoms with Crippen LogP contribution in [0.3, 0.4) is 0 Å². The fourth-order valence-electron chi connectivity index (χ4n) is 6.24. The zero-order valence-corrected chi connectivity index (χ0v) is 23.6. The number of imidazole rings is 1. The van der Waals surface area contributed by atoms with Gasteiger partial charge >= 0.3 is 6.18 Å². The maximum atomic E-state index is 14.0. The number of nitrogens with zero attached hydrogens (tertiary/aromatic N) is 6. The number of benzene rings is 1. The number of hydrogen-bond acceptors (Lipinski definition) is 7. The van der Waals surface area contributed by atoms with Gasteiger partial charge in [0.05, 0.1) is 24.3 Å². The molecule has 9 nitrogen and oxygen atoms in total. The minimum absolute atomic E-state index is 0. The zero-order valence-electron chi connectivity index (χ0n) is 22.8. The zero-order chi connectivity index (χ0) is 28.7. The molecule has 226 valence electrons. The quantitative estimate of drug-likeness (QED) is 0.386. The van der Waals surface area contributed by atoms with Crippen molar-refractivity contribution in [2.45, 2.75) is 56.8 Å². The number of fused-ring (bicyclic) bond motifs is 1. The Morgan fingerprint density at radius 2 is 1.86 bits per heavy atom. The summed E-state index contributed by atoms with van der Waals surface area (Å²) in [7, 11) is 0.